The van der Waals surface area contributed by atoms with E-state index in [9.17, 15) is 4.79 Å². The molecular weight excluding hydrogens is 204 g/mol. The fourth-order valence-electron chi connectivity index (χ4n) is 1.30. The number of hydrogen-bond donors (Lipinski definition) is 2. The first-order valence-corrected chi connectivity index (χ1v) is 5.29. The summed E-state index contributed by atoms with van der Waals surface area (Å²) >= 11 is 0. The van der Waals surface area contributed by atoms with Gasteiger partial charge in [0.25, 0.3) is 0 Å². The summed E-state index contributed by atoms with van der Waals surface area (Å²) in [4.78, 5) is 11.4. The first-order chi connectivity index (χ1) is 7.74. The van der Waals surface area contributed by atoms with Crippen LogP contribution in [0, 0.1) is 6.92 Å². The van der Waals surface area contributed by atoms with Gasteiger partial charge in [-0.25, -0.2) is 0 Å². The van der Waals surface area contributed by atoms with Gasteiger partial charge in [-0.3, -0.25) is 4.79 Å². The number of carbonyl (C=O) groups excluding carboxylic acids is 1. The molecule has 0 atom stereocenters. The van der Waals surface area contributed by atoms with Crippen molar-refractivity contribution in [3.05, 3.63) is 29.8 Å². The van der Waals surface area contributed by atoms with Crippen molar-refractivity contribution >= 4 is 11.6 Å². The molecule has 88 valence electrons. The number of methoxy groups -OCH3 is 1. The van der Waals surface area contributed by atoms with Crippen molar-refractivity contribution in [2.24, 2.45) is 0 Å². The zero-order valence-electron chi connectivity index (χ0n) is 9.75. The molecule has 2 N–H and O–H groups in total. The number of amides is 1. The highest BCUT2D eigenvalue weighted by atomic mass is 16.5. The molecule has 0 radical (unpaired) electrons. The summed E-state index contributed by atoms with van der Waals surface area (Å²) < 4.78 is 4.84. The molecule has 0 heterocycles. The fraction of sp³-hybridized carbons (Fsp3) is 0.417. The number of para-hydroxylation sites is 1. The van der Waals surface area contributed by atoms with Gasteiger partial charge in [0.15, 0.2) is 0 Å². The quantitative estimate of drug-likeness (QED) is 0.710. The van der Waals surface area contributed by atoms with E-state index in [1.807, 2.05) is 31.2 Å². The van der Waals surface area contributed by atoms with Gasteiger partial charge in [0, 0.05) is 19.3 Å². The van der Waals surface area contributed by atoms with Crippen LogP contribution in [0.25, 0.3) is 0 Å². The number of anilines is 1. The number of hydrogen-bond acceptors (Lipinski definition) is 3. The summed E-state index contributed by atoms with van der Waals surface area (Å²) in [6, 6.07) is 7.88. The molecule has 0 spiro atoms. The predicted molar refractivity (Wildman–Crippen MR) is 64.6 cm³/mol. The lowest BCUT2D eigenvalue weighted by molar-refractivity contribution is -0.119. The van der Waals surface area contributed by atoms with E-state index in [1.165, 1.54) is 0 Å². The van der Waals surface area contributed by atoms with Crippen LogP contribution in [0.1, 0.15) is 5.56 Å². The van der Waals surface area contributed by atoms with E-state index in [0.29, 0.717) is 13.2 Å². The van der Waals surface area contributed by atoms with Crippen LogP contribution in [-0.2, 0) is 9.53 Å². The van der Waals surface area contributed by atoms with E-state index in [4.69, 9.17) is 4.74 Å². The topological polar surface area (TPSA) is 50.4 Å². The molecule has 0 unspecified atom stereocenters. The Hall–Kier alpha value is -1.55. The average molecular weight is 222 g/mol. The third-order valence-corrected chi connectivity index (χ3v) is 2.21. The summed E-state index contributed by atoms with van der Waals surface area (Å²) in [5.41, 5.74) is 2.12. The number of rotatable bonds is 6. The van der Waals surface area contributed by atoms with Gasteiger partial charge in [0.05, 0.1) is 13.2 Å². The molecule has 1 aromatic rings. The maximum atomic E-state index is 11.4. The maximum absolute atomic E-state index is 11.4. The first-order valence-electron chi connectivity index (χ1n) is 5.29. The number of carbonyl (C=O) groups is 1. The second-order valence-electron chi connectivity index (χ2n) is 3.51. The van der Waals surface area contributed by atoms with Crippen LogP contribution in [0.3, 0.4) is 0 Å². The molecule has 4 nitrogen and oxygen atoms in total. The summed E-state index contributed by atoms with van der Waals surface area (Å²) in [5.74, 6) is -0.0275. The Bertz CT molecular complexity index is 340. The highest BCUT2D eigenvalue weighted by Crippen LogP contribution is 2.12. The molecule has 1 rings (SSSR count). The molecule has 0 fully saturated rings. The first kappa shape index (κ1) is 12.5. The fourth-order valence-corrected chi connectivity index (χ4v) is 1.30. The van der Waals surface area contributed by atoms with Gasteiger partial charge < -0.3 is 15.4 Å². The lowest BCUT2D eigenvalue weighted by atomic mass is 10.2. The van der Waals surface area contributed by atoms with Gasteiger partial charge in [0.1, 0.15) is 0 Å². The Morgan fingerprint density at radius 2 is 2.12 bits per heavy atom. The lowest BCUT2D eigenvalue weighted by Crippen LogP contribution is -2.32. The van der Waals surface area contributed by atoms with Crippen molar-refractivity contribution in [2.45, 2.75) is 6.92 Å². The van der Waals surface area contributed by atoms with Crippen LogP contribution in [0.5, 0.6) is 0 Å². The lowest BCUT2D eigenvalue weighted by Gasteiger charge is -2.09. The standard InChI is InChI=1S/C12H18N2O2/c1-10-5-3-4-6-11(10)14-9-12(15)13-7-8-16-2/h3-6,14H,7-9H2,1-2H3,(H,13,15). The van der Waals surface area contributed by atoms with E-state index in [-0.39, 0.29) is 12.5 Å². The van der Waals surface area contributed by atoms with Crippen LogP contribution in [0.2, 0.25) is 0 Å². The minimum absolute atomic E-state index is 0.0275. The smallest absolute Gasteiger partial charge is 0.239 e. The second kappa shape index (κ2) is 6.85. The Morgan fingerprint density at radius 1 is 1.38 bits per heavy atom. The molecule has 1 aromatic carbocycles. The highest BCUT2D eigenvalue weighted by Gasteiger charge is 2.01. The molecule has 0 aliphatic carbocycles. The SMILES string of the molecule is COCCNC(=O)CNc1ccccc1C. The van der Waals surface area contributed by atoms with E-state index in [2.05, 4.69) is 10.6 Å². The van der Waals surface area contributed by atoms with Gasteiger partial charge in [-0.2, -0.15) is 0 Å². The number of ether oxygens (including phenoxy) is 1. The highest BCUT2D eigenvalue weighted by molar-refractivity contribution is 5.80. The number of nitrogens with one attached hydrogen (secondary N) is 2. The number of aryl methyl sites for hydroxylation is 1. The largest absolute Gasteiger partial charge is 0.383 e. The molecule has 0 aliphatic rings. The summed E-state index contributed by atoms with van der Waals surface area (Å²) in [6.07, 6.45) is 0. The molecule has 16 heavy (non-hydrogen) atoms. The Morgan fingerprint density at radius 3 is 2.81 bits per heavy atom. The van der Waals surface area contributed by atoms with Gasteiger partial charge in [-0.15, -0.1) is 0 Å². The monoisotopic (exact) mass is 222 g/mol. The second-order valence-corrected chi connectivity index (χ2v) is 3.51. The Labute approximate surface area is 96.0 Å². The normalized spacial score (nSPS) is 9.88. The predicted octanol–water partition coefficient (Wildman–Crippen LogP) is 1.17. The van der Waals surface area contributed by atoms with Crippen LogP contribution in [0.15, 0.2) is 24.3 Å². The molecule has 0 saturated heterocycles. The number of benzene rings is 1. The minimum atomic E-state index is -0.0275. The molecule has 0 aromatic heterocycles. The van der Waals surface area contributed by atoms with Crippen molar-refractivity contribution in [1.82, 2.24) is 5.32 Å². The summed E-state index contributed by atoms with van der Waals surface area (Å²) in [6.45, 7) is 3.38. The average Bonchev–Trinajstić information content (AvgIpc) is 2.28. The van der Waals surface area contributed by atoms with Gasteiger partial charge in [0.2, 0.25) is 5.91 Å². The Balaban J connectivity index is 2.29. The van der Waals surface area contributed by atoms with E-state index < -0.39 is 0 Å². The van der Waals surface area contributed by atoms with E-state index in [0.717, 1.165) is 11.3 Å². The molecule has 0 aliphatic heterocycles. The summed E-state index contributed by atoms with van der Waals surface area (Å²) in [7, 11) is 1.61. The van der Waals surface area contributed by atoms with Crippen LogP contribution >= 0.6 is 0 Å². The van der Waals surface area contributed by atoms with Crippen molar-refractivity contribution in [3.8, 4) is 0 Å². The summed E-state index contributed by atoms with van der Waals surface area (Å²) in [5, 5.41) is 5.83. The van der Waals surface area contributed by atoms with Crippen molar-refractivity contribution < 1.29 is 9.53 Å². The van der Waals surface area contributed by atoms with Gasteiger partial charge in [-0.05, 0) is 18.6 Å². The van der Waals surface area contributed by atoms with Crippen molar-refractivity contribution in [2.75, 3.05) is 32.1 Å². The van der Waals surface area contributed by atoms with E-state index >= 15 is 0 Å². The zero-order valence-corrected chi connectivity index (χ0v) is 9.75. The van der Waals surface area contributed by atoms with Crippen LogP contribution < -0.4 is 10.6 Å². The van der Waals surface area contributed by atoms with Crippen molar-refractivity contribution in [1.29, 1.82) is 0 Å². The molecular formula is C12H18N2O2. The van der Waals surface area contributed by atoms with Gasteiger partial charge in [-0.1, -0.05) is 18.2 Å². The Kier molecular flexibility index (Phi) is 5.36. The molecule has 0 saturated carbocycles. The zero-order chi connectivity index (χ0) is 11.8. The van der Waals surface area contributed by atoms with E-state index in [1.54, 1.807) is 7.11 Å². The van der Waals surface area contributed by atoms with Crippen LogP contribution in [0.4, 0.5) is 5.69 Å². The molecule has 1 amide bonds. The minimum Gasteiger partial charge on any atom is -0.383 e. The molecule has 4 heteroatoms. The maximum Gasteiger partial charge on any atom is 0.239 e. The third kappa shape index (κ3) is 4.31. The van der Waals surface area contributed by atoms with Gasteiger partial charge >= 0.3 is 0 Å². The molecule has 0 bridgehead atoms. The van der Waals surface area contributed by atoms with Crippen LogP contribution in [-0.4, -0.2) is 32.7 Å². The third-order valence-electron chi connectivity index (χ3n) is 2.21. The van der Waals surface area contributed by atoms with Crippen molar-refractivity contribution in [3.63, 3.8) is 0 Å².